The van der Waals surface area contributed by atoms with Gasteiger partial charge < -0.3 is 0 Å². The quantitative estimate of drug-likeness (QED) is 0.513. The minimum absolute atomic E-state index is 0.0690. The summed E-state index contributed by atoms with van der Waals surface area (Å²) in [6.45, 7) is 0. The monoisotopic (exact) mass is 195 g/mol. The van der Waals surface area contributed by atoms with Gasteiger partial charge in [-0.3, -0.25) is 14.8 Å². The number of aromatic nitrogens is 2. The van der Waals surface area contributed by atoms with Crippen molar-refractivity contribution in [2.45, 2.75) is 0 Å². The van der Waals surface area contributed by atoms with Gasteiger partial charge in [-0.1, -0.05) is 0 Å². The largest absolute Gasteiger partial charge is 0.271 e. The Bertz CT molecular complexity index is 521. The Morgan fingerprint density at radius 1 is 1.57 bits per heavy atom. The molecule has 0 bridgehead atoms. The van der Waals surface area contributed by atoms with Gasteiger partial charge in [0, 0.05) is 19.2 Å². The molecule has 0 saturated heterocycles. The van der Waals surface area contributed by atoms with Gasteiger partial charge in [0.1, 0.15) is 0 Å². The predicted molar refractivity (Wildman–Crippen MR) is 47.3 cm³/mol. The van der Waals surface area contributed by atoms with E-state index in [0.717, 1.165) is 0 Å². The molecule has 0 amide bonds. The van der Waals surface area contributed by atoms with E-state index in [9.17, 15) is 14.5 Å². The van der Waals surface area contributed by atoms with Crippen molar-refractivity contribution >= 4 is 16.6 Å². The number of benzene rings is 1. The van der Waals surface area contributed by atoms with Crippen LogP contribution >= 0.6 is 0 Å². The summed E-state index contributed by atoms with van der Waals surface area (Å²) in [5.41, 5.74) is 0.345. The van der Waals surface area contributed by atoms with Gasteiger partial charge in [-0.05, 0) is 6.07 Å². The minimum atomic E-state index is -0.614. The van der Waals surface area contributed by atoms with Gasteiger partial charge in [0.05, 0.1) is 15.8 Å². The zero-order chi connectivity index (χ0) is 10.3. The summed E-state index contributed by atoms with van der Waals surface area (Å²) < 4.78 is 14.3. The highest BCUT2D eigenvalue weighted by Crippen LogP contribution is 2.21. The Morgan fingerprint density at radius 3 is 2.93 bits per heavy atom. The molecule has 6 heteroatoms. The van der Waals surface area contributed by atoms with Gasteiger partial charge in [0.15, 0.2) is 0 Å². The first-order chi connectivity index (χ1) is 6.59. The number of halogens is 1. The molecule has 2 rings (SSSR count). The topological polar surface area (TPSA) is 61.0 Å². The SMILES string of the molecule is Cn1nc(F)c2ccc([N+](=O)[O-])cc21. The molecule has 0 fully saturated rings. The molecule has 0 spiro atoms. The lowest BCUT2D eigenvalue weighted by molar-refractivity contribution is -0.384. The van der Waals surface area contributed by atoms with Crippen LogP contribution in [0.15, 0.2) is 18.2 Å². The minimum Gasteiger partial charge on any atom is -0.265 e. The lowest BCUT2D eigenvalue weighted by Crippen LogP contribution is -1.91. The molecule has 0 radical (unpaired) electrons. The van der Waals surface area contributed by atoms with Crippen LogP contribution in [0.1, 0.15) is 0 Å². The second-order valence-electron chi connectivity index (χ2n) is 2.87. The number of hydrogen-bond acceptors (Lipinski definition) is 3. The summed E-state index contributed by atoms with van der Waals surface area (Å²) in [6.07, 6.45) is 0. The Kier molecular flexibility index (Phi) is 1.70. The molecule has 0 aliphatic rings. The van der Waals surface area contributed by atoms with Crippen molar-refractivity contribution in [3.63, 3.8) is 0 Å². The summed E-state index contributed by atoms with van der Waals surface area (Å²) in [6, 6.07) is 3.91. The van der Waals surface area contributed by atoms with Crippen molar-refractivity contribution in [1.29, 1.82) is 0 Å². The molecule has 1 heterocycles. The molecule has 1 aromatic carbocycles. The fraction of sp³-hybridized carbons (Fsp3) is 0.125. The Balaban J connectivity index is 2.77. The summed E-state index contributed by atoms with van der Waals surface area (Å²) in [5, 5.41) is 14.3. The first kappa shape index (κ1) is 8.61. The van der Waals surface area contributed by atoms with Gasteiger partial charge in [0.2, 0.25) is 5.95 Å². The van der Waals surface area contributed by atoms with E-state index < -0.39 is 10.9 Å². The summed E-state index contributed by atoms with van der Waals surface area (Å²) >= 11 is 0. The van der Waals surface area contributed by atoms with Crippen LogP contribution in [0, 0.1) is 16.1 Å². The maximum absolute atomic E-state index is 13.0. The number of hydrogen-bond donors (Lipinski definition) is 0. The van der Waals surface area contributed by atoms with E-state index in [-0.39, 0.29) is 11.1 Å². The average molecular weight is 195 g/mol. The molecule has 0 aliphatic heterocycles. The van der Waals surface area contributed by atoms with Crippen LogP contribution < -0.4 is 0 Å². The molecule has 5 nitrogen and oxygen atoms in total. The van der Waals surface area contributed by atoms with Crippen LogP contribution in [0.2, 0.25) is 0 Å². The number of nitro groups is 1. The van der Waals surface area contributed by atoms with E-state index in [2.05, 4.69) is 5.10 Å². The third-order valence-electron chi connectivity index (χ3n) is 2.00. The first-order valence-electron chi connectivity index (χ1n) is 3.86. The highest BCUT2D eigenvalue weighted by Gasteiger charge is 2.12. The van der Waals surface area contributed by atoms with Crippen molar-refractivity contribution in [2.75, 3.05) is 0 Å². The predicted octanol–water partition coefficient (Wildman–Crippen LogP) is 1.62. The van der Waals surface area contributed by atoms with E-state index in [0.29, 0.717) is 5.52 Å². The average Bonchev–Trinajstić information content (AvgIpc) is 2.42. The zero-order valence-electron chi connectivity index (χ0n) is 7.27. The van der Waals surface area contributed by atoms with E-state index in [4.69, 9.17) is 0 Å². The molecule has 0 N–H and O–H groups in total. The van der Waals surface area contributed by atoms with Crippen molar-refractivity contribution < 1.29 is 9.31 Å². The van der Waals surface area contributed by atoms with Crippen LogP contribution in [0.3, 0.4) is 0 Å². The molecular formula is C8H6FN3O2. The van der Waals surface area contributed by atoms with Gasteiger partial charge in [0.25, 0.3) is 5.69 Å². The van der Waals surface area contributed by atoms with E-state index >= 15 is 0 Å². The smallest absolute Gasteiger partial charge is 0.265 e. The third kappa shape index (κ3) is 1.12. The van der Waals surface area contributed by atoms with Crippen LogP contribution in [0.4, 0.5) is 10.1 Å². The summed E-state index contributed by atoms with van der Waals surface area (Å²) in [7, 11) is 1.54. The highest BCUT2D eigenvalue weighted by atomic mass is 19.1. The molecule has 2 aromatic rings. The lowest BCUT2D eigenvalue weighted by atomic mass is 10.2. The van der Waals surface area contributed by atoms with Crippen LogP contribution in [-0.2, 0) is 7.05 Å². The molecule has 1 aromatic heterocycles. The number of non-ortho nitro benzene ring substituents is 1. The Hall–Kier alpha value is -1.98. The van der Waals surface area contributed by atoms with Gasteiger partial charge >= 0.3 is 0 Å². The fourth-order valence-electron chi connectivity index (χ4n) is 1.32. The summed E-state index contributed by atoms with van der Waals surface area (Å²) in [5.74, 6) is -0.614. The molecule has 0 atom stereocenters. The fourth-order valence-corrected chi connectivity index (χ4v) is 1.32. The molecule has 14 heavy (non-hydrogen) atoms. The number of rotatable bonds is 1. The summed E-state index contributed by atoms with van der Waals surface area (Å²) in [4.78, 5) is 9.92. The van der Waals surface area contributed by atoms with E-state index in [1.165, 1.54) is 29.9 Å². The highest BCUT2D eigenvalue weighted by molar-refractivity contribution is 5.81. The van der Waals surface area contributed by atoms with Crippen molar-refractivity contribution in [3.05, 3.63) is 34.3 Å². The Morgan fingerprint density at radius 2 is 2.29 bits per heavy atom. The molecule has 0 aliphatic carbocycles. The van der Waals surface area contributed by atoms with Crippen LogP contribution in [0.25, 0.3) is 10.9 Å². The third-order valence-corrected chi connectivity index (χ3v) is 2.00. The molecule has 0 unspecified atom stereocenters. The standard InChI is InChI=1S/C8H6FN3O2/c1-11-7-4-5(12(13)14)2-3-6(7)8(9)10-11/h2-4H,1H3. The van der Waals surface area contributed by atoms with Gasteiger partial charge in [-0.2, -0.15) is 4.39 Å². The van der Waals surface area contributed by atoms with E-state index in [1.54, 1.807) is 0 Å². The zero-order valence-corrected chi connectivity index (χ0v) is 7.27. The lowest BCUT2D eigenvalue weighted by Gasteiger charge is -1.93. The molecule has 72 valence electrons. The number of nitro benzene ring substituents is 1. The van der Waals surface area contributed by atoms with Crippen LogP contribution in [-0.4, -0.2) is 14.7 Å². The Labute approximate surface area is 77.9 Å². The first-order valence-corrected chi connectivity index (χ1v) is 3.86. The maximum atomic E-state index is 13.0. The van der Waals surface area contributed by atoms with Crippen molar-refractivity contribution in [3.8, 4) is 0 Å². The van der Waals surface area contributed by atoms with Crippen LogP contribution in [0.5, 0.6) is 0 Å². The molecule has 0 saturated carbocycles. The van der Waals surface area contributed by atoms with Gasteiger partial charge in [-0.15, -0.1) is 5.10 Å². The second kappa shape index (κ2) is 2.76. The number of nitrogens with zero attached hydrogens (tertiary/aromatic N) is 3. The number of fused-ring (bicyclic) bond motifs is 1. The van der Waals surface area contributed by atoms with E-state index in [1.807, 2.05) is 0 Å². The maximum Gasteiger partial charge on any atom is 0.271 e. The van der Waals surface area contributed by atoms with Gasteiger partial charge in [-0.25, -0.2) is 0 Å². The second-order valence-corrected chi connectivity index (χ2v) is 2.87. The van der Waals surface area contributed by atoms with Crippen molar-refractivity contribution in [1.82, 2.24) is 9.78 Å². The van der Waals surface area contributed by atoms with Crippen molar-refractivity contribution in [2.24, 2.45) is 7.05 Å². The normalized spacial score (nSPS) is 10.7. The molecular weight excluding hydrogens is 189 g/mol. The number of aryl methyl sites for hydroxylation is 1.